The van der Waals surface area contributed by atoms with Gasteiger partial charge in [-0.2, -0.15) is 0 Å². The van der Waals surface area contributed by atoms with Gasteiger partial charge in [-0.25, -0.2) is 0 Å². The van der Waals surface area contributed by atoms with E-state index in [1.54, 1.807) is 0 Å². The first-order valence-electron chi connectivity index (χ1n) is 8.42. The highest BCUT2D eigenvalue weighted by Crippen LogP contribution is 2.35. The van der Waals surface area contributed by atoms with Crippen LogP contribution in [0, 0.1) is 0 Å². The summed E-state index contributed by atoms with van der Waals surface area (Å²) in [7, 11) is 2.18. The zero-order valence-corrected chi connectivity index (χ0v) is 14.3. The van der Waals surface area contributed by atoms with E-state index in [4.69, 9.17) is 14.2 Å². The van der Waals surface area contributed by atoms with Gasteiger partial charge in [0.2, 0.25) is 0 Å². The number of hydrogen-bond donors (Lipinski definition) is 0. The van der Waals surface area contributed by atoms with E-state index >= 15 is 0 Å². The van der Waals surface area contributed by atoms with Crippen molar-refractivity contribution in [2.75, 3.05) is 46.4 Å². The minimum atomic E-state index is -0.455. The van der Waals surface area contributed by atoms with Gasteiger partial charge in [-0.3, -0.25) is 4.90 Å². The van der Waals surface area contributed by atoms with Gasteiger partial charge >= 0.3 is 0 Å². The van der Waals surface area contributed by atoms with Crippen molar-refractivity contribution in [3.63, 3.8) is 0 Å². The molecule has 3 heterocycles. The van der Waals surface area contributed by atoms with Crippen molar-refractivity contribution in [1.82, 2.24) is 9.80 Å². The smallest absolute Gasteiger partial charge is 0.163 e. The van der Waals surface area contributed by atoms with Gasteiger partial charge in [0.05, 0.1) is 12.2 Å². The molecule has 3 aliphatic heterocycles. The number of nitrogens with zero attached hydrogens (tertiary/aromatic N) is 2. The second-order valence-corrected chi connectivity index (χ2v) is 6.44. The van der Waals surface area contributed by atoms with Crippen LogP contribution in [0.3, 0.4) is 0 Å². The molecule has 0 aliphatic carbocycles. The number of ether oxygens (including phenoxy) is 3. The Morgan fingerprint density at radius 3 is 2.38 bits per heavy atom. The lowest BCUT2D eigenvalue weighted by atomic mass is 10.0. The lowest BCUT2D eigenvalue weighted by Crippen LogP contribution is -2.53. The van der Waals surface area contributed by atoms with E-state index in [0.29, 0.717) is 0 Å². The minimum absolute atomic E-state index is 0.100. The maximum Gasteiger partial charge on any atom is 0.163 e. The fraction of sp³-hybridized carbons (Fsp3) is 1.00. The van der Waals surface area contributed by atoms with Gasteiger partial charge in [-0.15, -0.1) is 0 Å². The summed E-state index contributed by atoms with van der Waals surface area (Å²) in [6.07, 6.45) is 1.42. The van der Waals surface area contributed by atoms with Gasteiger partial charge in [-0.05, 0) is 27.3 Å². The summed E-state index contributed by atoms with van der Waals surface area (Å²) in [6, 6.07) is 0. The van der Waals surface area contributed by atoms with Crippen LogP contribution in [0.2, 0.25) is 0 Å². The molecule has 3 atom stereocenters. The van der Waals surface area contributed by atoms with Gasteiger partial charge in [0.25, 0.3) is 0 Å². The van der Waals surface area contributed by atoms with Crippen LogP contribution in [0.4, 0.5) is 0 Å². The third-order valence-electron chi connectivity index (χ3n) is 4.36. The summed E-state index contributed by atoms with van der Waals surface area (Å²) < 4.78 is 18.0. The van der Waals surface area contributed by atoms with Crippen LogP contribution in [0.25, 0.3) is 0 Å². The molecule has 0 aromatic heterocycles. The molecule has 5 nitrogen and oxygen atoms in total. The van der Waals surface area contributed by atoms with Crippen molar-refractivity contribution in [2.24, 2.45) is 0 Å². The molecule has 5 heteroatoms. The van der Waals surface area contributed by atoms with E-state index < -0.39 is 5.79 Å². The van der Waals surface area contributed by atoms with Crippen LogP contribution in [0.1, 0.15) is 34.1 Å². The molecule has 0 amide bonds. The molecule has 0 aromatic carbocycles. The summed E-state index contributed by atoms with van der Waals surface area (Å²) in [5.74, 6) is -0.455. The Hall–Kier alpha value is -0.200. The summed E-state index contributed by atoms with van der Waals surface area (Å²) in [6.45, 7) is 14.3. The standard InChI is InChI=1S/C14H26N2O3.C2H6/c1-14(2)18-11-4-9-17-12(13(11)19-14)10-16-7-5-15(3)6-8-16;1-2/h11-13H,4-10H2,1-3H3;1-2H3. The van der Waals surface area contributed by atoms with Gasteiger partial charge in [0, 0.05) is 39.3 Å². The topological polar surface area (TPSA) is 34.2 Å². The molecule has 0 bridgehead atoms. The first-order chi connectivity index (χ1) is 10.0. The van der Waals surface area contributed by atoms with Crippen molar-refractivity contribution in [3.05, 3.63) is 0 Å². The highest BCUT2D eigenvalue weighted by atomic mass is 16.8. The average molecular weight is 300 g/mol. The van der Waals surface area contributed by atoms with E-state index in [-0.39, 0.29) is 18.3 Å². The molecule has 0 aromatic rings. The number of hydrogen-bond acceptors (Lipinski definition) is 5. The lowest BCUT2D eigenvalue weighted by Gasteiger charge is -2.38. The second kappa shape index (κ2) is 7.38. The predicted octanol–water partition coefficient (Wildman–Crippen LogP) is 1.57. The van der Waals surface area contributed by atoms with Gasteiger partial charge in [0.1, 0.15) is 6.10 Å². The van der Waals surface area contributed by atoms with Gasteiger partial charge in [-0.1, -0.05) is 13.8 Å². The van der Waals surface area contributed by atoms with Crippen LogP contribution in [0.15, 0.2) is 0 Å². The molecule has 0 saturated carbocycles. The second-order valence-electron chi connectivity index (χ2n) is 6.44. The van der Waals surface area contributed by atoms with E-state index in [9.17, 15) is 0 Å². The van der Waals surface area contributed by atoms with Crippen molar-refractivity contribution < 1.29 is 14.2 Å². The largest absolute Gasteiger partial charge is 0.374 e. The number of likely N-dealkylation sites (N-methyl/N-ethyl adjacent to an activating group) is 1. The fourth-order valence-electron chi connectivity index (χ4n) is 3.27. The van der Waals surface area contributed by atoms with Crippen molar-refractivity contribution >= 4 is 0 Å². The highest BCUT2D eigenvalue weighted by Gasteiger charge is 2.47. The molecule has 0 spiro atoms. The predicted molar refractivity (Wildman–Crippen MR) is 83.5 cm³/mol. The van der Waals surface area contributed by atoms with E-state index in [0.717, 1.165) is 45.8 Å². The first-order valence-corrected chi connectivity index (χ1v) is 8.42. The summed E-state index contributed by atoms with van der Waals surface area (Å²) in [4.78, 5) is 4.86. The Bertz CT molecular complexity index is 317. The summed E-state index contributed by atoms with van der Waals surface area (Å²) >= 11 is 0. The van der Waals surface area contributed by atoms with E-state index in [1.807, 2.05) is 27.7 Å². The third kappa shape index (κ3) is 4.39. The molecule has 3 rings (SSSR count). The zero-order valence-electron chi connectivity index (χ0n) is 14.3. The SMILES string of the molecule is CC.CN1CCN(CC2OCCC3OC(C)(C)OC23)CC1. The molecule has 3 aliphatic rings. The van der Waals surface area contributed by atoms with Gasteiger partial charge < -0.3 is 19.1 Å². The highest BCUT2D eigenvalue weighted by molar-refractivity contribution is 4.92. The van der Waals surface area contributed by atoms with Crippen LogP contribution in [0.5, 0.6) is 0 Å². The number of fused-ring (bicyclic) bond motifs is 1. The van der Waals surface area contributed by atoms with Crippen LogP contribution in [-0.2, 0) is 14.2 Å². The quantitative estimate of drug-likeness (QED) is 0.773. The fourth-order valence-corrected chi connectivity index (χ4v) is 3.27. The molecular formula is C16H32N2O3. The number of piperazine rings is 1. The van der Waals surface area contributed by atoms with Crippen LogP contribution in [-0.4, -0.2) is 80.3 Å². The summed E-state index contributed by atoms with van der Waals surface area (Å²) in [5, 5.41) is 0. The molecule has 0 N–H and O–H groups in total. The Balaban J connectivity index is 0.000000774. The molecule has 3 unspecified atom stereocenters. The molecule has 0 radical (unpaired) electrons. The Morgan fingerprint density at radius 1 is 1.05 bits per heavy atom. The Labute approximate surface area is 129 Å². The molecule has 3 saturated heterocycles. The van der Waals surface area contributed by atoms with E-state index in [2.05, 4.69) is 16.8 Å². The molecule has 124 valence electrons. The van der Waals surface area contributed by atoms with E-state index in [1.165, 1.54) is 0 Å². The monoisotopic (exact) mass is 300 g/mol. The Morgan fingerprint density at radius 2 is 1.71 bits per heavy atom. The Kier molecular flexibility index (Phi) is 6.03. The number of rotatable bonds is 2. The molecule has 21 heavy (non-hydrogen) atoms. The van der Waals surface area contributed by atoms with Gasteiger partial charge in [0.15, 0.2) is 5.79 Å². The van der Waals surface area contributed by atoms with Crippen molar-refractivity contribution in [2.45, 2.75) is 58.2 Å². The van der Waals surface area contributed by atoms with Crippen LogP contribution >= 0.6 is 0 Å². The lowest BCUT2D eigenvalue weighted by molar-refractivity contribution is -0.155. The first kappa shape index (κ1) is 17.2. The van der Waals surface area contributed by atoms with Crippen molar-refractivity contribution in [3.8, 4) is 0 Å². The van der Waals surface area contributed by atoms with Crippen LogP contribution < -0.4 is 0 Å². The zero-order chi connectivity index (χ0) is 15.5. The molecular weight excluding hydrogens is 268 g/mol. The minimum Gasteiger partial charge on any atom is -0.374 e. The normalized spacial score (nSPS) is 36.7. The maximum absolute atomic E-state index is 6.04. The average Bonchev–Trinajstić information content (AvgIpc) is 2.79. The summed E-state index contributed by atoms with van der Waals surface area (Å²) in [5.41, 5.74) is 0. The maximum atomic E-state index is 6.04. The molecule has 3 fully saturated rings. The third-order valence-corrected chi connectivity index (χ3v) is 4.36. The van der Waals surface area contributed by atoms with Crippen molar-refractivity contribution in [1.29, 1.82) is 0 Å².